The number of ether oxygens (including phenoxy) is 1. The molecule has 1 aromatic heterocycles. The summed E-state index contributed by atoms with van der Waals surface area (Å²) >= 11 is 7.49. The van der Waals surface area contributed by atoms with Gasteiger partial charge in [0.1, 0.15) is 21.8 Å². The maximum absolute atomic E-state index is 9.49. The Hall–Kier alpha value is -2.46. The fourth-order valence-electron chi connectivity index (χ4n) is 3.72. The van der Waals surface area contributed by atoms with Crippen LogP contribution in [0.2, 0.25) is 0 Å². The van der Waals surface area contributed by atoms with Gasteiger partial charge in [-0.05, 0) is 74.2 Å². The standard InChI is InChI=1S/C22H21ClN4OS/c1-13(2)28-20-10-9-14(11-15(20)12-24)21-26-27-22(29-21)18-7-3-6-17-16(18)5-4-8-19(17)25-23/h3,6-7,9-11,13,19,25H,4-5,8H2,1-2H3/t19-/m1/s1. The number of rotatable bonds is 5. The molecule has 2 aromatic carbocycles. The van der Waals surface area contributed by atoms with Crippen LogP contribution in [0.4, 0.5) is 0 Å². The van der Waals surface area contributed by atoms with E-state index in [9.17, 15) is 5.26 Å². The molecule has 1 N–H and O–H groups in total. The lowest BCUT2D eigenvalue weighted by molar-refractivity contribution is 0.242. The zero-order chi connectivity index (χ0) is 20.4. The molecule has 1 aliphatic rings. The van der Waals surface area contributed by atoms with E-state index in [0.29, 0.717) is 11.3 Å². The van der Waals surface area contributed by atoms with E-state index in [4.69, 9.17) is 16.5 Å². The summed E-state index contributed by atoms with van der Waals surface area (Å²) in [5.41, 5.74) is 5.01. The minimum absolute atomic E-state index is 0.0108. The molecule has 4 rings (SSSR count). The van der Waals surface area contributed by atoms with Gasteiger partial charge in [0.05, 0.1) is 11.7 Å². The number of halogens is 1. The highest BCUT2D eigenvalue weighted by Gasteiger charge is 2.23. The second-order valence-corrected chi connectivity index (χ2v) is 8.52. The third-order valence-corrected chi connectivity index (χ3v) is 6.27. The summed E-state index contributed by atoms with van der Waals surface area (Å²) in [5, 5.41) is 20.0. The smallest absolute Gasteiger partial charge is 0.148 e. The highest BCUT2D eigenvalue weighted by Crippen LogP contribution is 2.39. The average molecular weight is 425 g/mol. The van der Waals surface area contributed by atoms with Crippen LogP contribution in [0.25, 0.3) is 21.1 Å². The van der Waals surface area contributed by atoms with Crippen LogP contribution in [0.3, 0.4) is 0 Å². The number of benzene rings is 2. The Morgan fingerprint density at radius 2 is 2.07 bits per heavy atom. The molecule has 0 unspecified atom stereocenters. The predicted molar refractivity (Wildman–Crippen MR) is 116 cm³/mol. The van der Waals surface area contributed by atoms with E-state index in [1.54, 1.807) is 0 Å². The third kappa shape index (κ3) is 3.99. The van der Waals surface area contributed by atoms with Crippen LogP contribution in [-0.4, -0.2) is 16.3 Å². The minimum Gasteiger partial charge on any atom is -0.490 e. The van der Waals surface area contributed by atoms with Crippen molar-refractivity contribution in [2.24, 2.45) is 0 Å². The molecule has 29 heavy (non-hydrogen) atoms. The molecule has 1 atom stereocenters. The van der Waals surface area contributed by atoms with Gasteiger partial charge in [0, 0.05) is 17.2 Å². The maximum Gasteiger partial charge on any atom is 0.148 e. The Morgan fingerprint density at radius 3 is 2.83 bits per heavy atom. The number of hydrogen-bond donors (Lipinski definition) is 1. The van der Waals surface area contributed by atoms with Crippen molar-refractivity contribution in [3.05, 3.63) is 53.1 Å². The second-order valence-electron chi connectivity index (χ2n) is 7.33. The number of aromatic nitrogens is 2. The van der Waals surface area contributed by atoms with E-state index in [0.717, 1.165) is 40.4 Å². The fourth-order valence-corrected chi connectivity index (χ4v) is 4.84. The number of hydrogen-bond acceptors (Lipinski definition) is 6. The SMILES string of the molecule is CC(C)Oc1ccc(-c2nnc(-c3cccc4c3CCC[C@H]4NCl)s2)cc1C#N. The van der Waals surface area contributed by atoms with Crippen molar-refractivity contribution in [3.63, 3.8) is 0 Å². The average Bonchev–Trinajstić information content (AvgIpc) is 3.22. The summed E-state index contributed by atoms with van der Waals surface area (Å²) in [7, 11) is 0. The quantitative estimate of drug-likeness (QED) is 0.535. The van der Waals surface area contributed by atoms with Gasteiger partial charge < -0.3 is 4.74 Å². The first-order valence-electron chi connectivity index (χ1n) is 9.63. The van der Waals surface area contributed by atoms with Crippen LogP contribution in [0.5, 0.6) is 5.75 Å². The molecule has 1 aliphatic carbocycles. The monoisotopic (exact) mass is 424 g/mol. The summed E-state index contributed by atoms with van der Waals surface area (Å²) in [6.45, 7) is 3.88. The van der Waals surface area contributed by atoms with Crippen molar-refractivity contribution >= 4 is 23.1 Å². The zero-order valence-corrected chi connectivity index (χ0v) is 17.8. The van der Waals surface area contributed by atoms with Gasteiger partial charge in [-0.25, -0.2) is 4.84 Å². The van der Waals surface area contributed by atoms with E-state index in [1.165, 1.54) is 22.5 Å². The molecule has 0 saturated heterocycles. The minimum atomic E-state index is 0.0108. The van der Waals surface area contributed by atoms with Crippen LogP contribution in [-0.2, 0) is 6.42 Å². The summed E-state index contributed by atoms with van der Waals surface area (Å²) < 4.78 is 5.71. The fraction of sp³-hybridized carbons (Fsp3) is 0.318. The van der Waals surface area contributed by atoms with Gasteiger partial charge in [-0.15, -0.1) is 10.2 Å². The molecule has 0 amide bonds. The van der Waals surface area contributed by atoms with Crippen molar-refractivity contribution in [3.8, 4) is 33.0 Å². The van der Waals surface area contributed by atoms with Gasteiger partial charge in [-0.3, -0.25) is 0 Å². The lowest BCUT2D eigenvalue weighted by Crippen LogP contribution is -2.18. The first-order valence-corrected chi connectivity index (χ1v) is 10.8. The van der Waals surface area contributed by atoms with Gasteiger partial charge in [0.15, 0.2) is 0 Å². The number of nitriles is 1. The topological polar surface area (TPSA) is 70.8 Å². The Labute approximate surface area is 179 Å². The second kappa shape index (κ2) is 8.50. The Kier molecular flexibility index (Phi) is 5.81. The first-order chi connectivity index (χ1) is 14.1. The molecular weight excluding hydrogens is 404 g/mol. The van der Waals surface area contributed by atoms with Gasteiger partial charge in [0.25, 0.3) is 0 Å². The van der Waals surface area contributed by atoms with Crippen LogP contribution in [0, 0.1) is 11.3 Å². The molecule has 0 saturated carbocycles. The van der Waals surface area contributed by atoms with Crippen LogP contribution >= 0.6 is 23.1 Å². The van der Waals surface area contributed by atoms with E-state index >= 15 is 0 Å². The molecule has 0 aliphatic heterocycles. The first kappa shape index (κ1) is 19.8. The summed E-state index contributed by atoms with van der Waals surface area (Å²) in [6, 6.07) is 14.2. The van der Waals surface area contributed by atoms with Gasteiger partial charge in [-0.2, -0.15) is 5.26 Å². The molecule has 7 heteroatoms. The highest BCUT2D eigenvalue weighted by atomic mass is 35.5. The molecule has 5 nitrogen and oxygen atoms in total. The normalized spacial score (nSPS) is 15.8. The molecule has 1 heterocycles. The molecule has 3 aromatic rings. The lowest BCUT2D eigenvalue weighted by Gasteiger charge is -2.25. The maximum atomic E-state index is 9.49. The van der Waals surface area contributed by atoms with E-state index in [1.807, 2.05) is 38.1 Å². The summed E-state index contributed by atoms with van der Waals surface area (Å²) in [6.07, 6.45) is 3.14. The molecule has 148 valence electrons. The van der Waals surface area contributed by atoms with Gasteiger partial charge >= 0.3 is 0 Å². The highest BCUT2D eigenvalue weighted by molar-refractivity contribution is 7.17. The van der Waals surface area contributed by atoms with E-state index < -0.39 is 0 Å². The molecule has 0 radical (unpaired) electrons. The molecular formula is C22H21ClN4OS. The number of nitrogens with zero attached hydrogens (tertiary/aromatic N) is 3. The molecule has 0 fully saturated rings. The zero-order valence-electron chi connectivity index (χ0n) is 16.3. The third-order valence-electron chi connectivity index (χ3n) is 5.00. The lowest BCUT2D eigenvalue weighted by atomic mass is 9.85. The van der Waals surface area contributed by atoms with Crippen molar-refractivity contribution in [1.29, 1.82) is 5.26 Å². The Bertz CT molecular complexity index is 1070. The van der Waals surface area contributed by atoms with E-state index in [2.05, 4.69) is 33.2 Å². The largest absolute Gasteiger partial charge is 0.490 e. The predicted octanol–water partition coefficient (Wildman–Crippen LogP) is 5.65. The van der Waals surface area contributed by atoms with Crippen molar-refractivity contribution in [2.45, 2.75) is 45.3 Å². The van der Waals surface area contributed by atoms with E-state index in [-0.39, 0.29) is 12.1 Å². The Balaban J connectivity index is 1.69. The van der Waals surface area contributed by atoms with Crippen LogP contribution < -0.4 is 9.57 Å². The van der Waals surface area contributed by atoms with Gasteiger partial charge in [-0.1, -0.05) is 29.5 Å². The van der Waals surface area contributed by atoms with Crippen molar-refractivity contribution in [2.75, 3.05) is 0 Å². The van der Waals surface area contributed by atoms with Crippen molar-refractivity contribution in [1.82, 2.24) is 15.0 Å². The number of nitrogens with one attached hydrogen (secondary N) is 1. The number of fused-ring (bicyclic) bond motifs is 1. The van der Waals surface area contributed by atoms with Gasteiger partial charge in [0.2, 0.25) is 0 Å². The molecule has 0 spiro atoms. The summed E-state index contributed by atoms with van der Waals surface area (Å²) in [4.78, 5) is 2.90. The molecule has 0 bridgehead atoms. The van der Waals surface area contributed by atoms with Crippen molar-refractivity contribution < 1.29 is 4.74 Å². The Morgan fingerprint density at radius 1 is 1.24 bits per heavy atom. The summed E-state index contributed by atoms with van der Waals surface area (Å²) in [5.74, 6) is 0.590. The van der Waals surface area contributed by atoms with Crippen LogP contribution in [0.15, 0.2) is 36.4 Å². The van der Waals surface area contributed by atoms with Crippen LogP contribution in [0.1, 0.15) is 49.4 Å².